The van der Waals surface area contributed by atoms with E-state index < -0.39 is 17.5 Å². The average Bonchev–Trinajstić information content (AvgIpc) is 2.44. The van der Waals surface area contributed by atoms with Gasteiger partial charge in [0, 0.05) is 12.2 Å². The van der Waals surface area contributed by atoms with Gasteiger partial charge in [0.25, 0.3) is 0 Å². The lowest BCUT2D eigenvalue weighted by atomic mass is 10.2. The van der Waals surface area contributed by atoms with Gasteiger partial charge in [-0.2, -0.15) is 0 Å². The van der Waals surface area contributed by atoms with E-state index in [0.29, 0.717) is 13.1 Å². The highest BCUT2D eigenvalue weighted by Crippen LogP contribution is 2.10. The van der Waals surface area contributed by atoms with Crippen molar-refractivity contribution in [1.82, 2.24) is 0 Å². The highest BCUT2D eigenvalue weighted by Gasteiger charge is 2.29. The number of hydrogen-bond donors (Lipinski definition) is 0. The molecule has 0 aromatic heterocycles. The first-order valence-electron chi connectivity index (χ1n) is 7.65. The molecule has 0 fully saturated rings. The van der Waals surface area contributed by atoms with Crippen LogP contribution in [-0.4, -0.2) is 67.9 Å². The van der Waals surface area contributed by atoms with Crippen molar-refractivity contribution in [3.63, 3.8) is 0 Å². The maximum absolute atomic E-state index is 12.1. The van der Waals surface area contributed by atoms with E-state index in [0.717, 1.165) is 12.2 Å². The largest absolute Gasteiger partial charge is 0.457 e. The van der Waals surface area contributed by atoms with Gasteiger partial charge in [0.05, 0.1) is 7.05 Å². The van der Waals surface area contributed by atoms with Crippen molar-refractivity contribution in [2.45, 2.75) is 26.4 Å². The summed E-state index contributed by atoms with van der Waals surface area (Å²) in [7, 11) is 1.80. The Morgan fingerprint density at radius 3 is 1.71 bits per heavy atom. The number of likely N-dealkylation sites (N-methyl/N-ethyl adjacent to an activating group) is 1. The molecular weight excluding hydrogens is 314 g/mol. The smallest absolute Gasteiger partial charge is 0.362 e. The molecule has 7 nitrogen and oxygen atoms in total. The molecule has 0 spiro atoms. The van der Waals surface area contributed by atoms with Crippen LogP contribution in [0.15, 0.2) is 25.3 Å². The van der Waals surface area contributed by atoms with E-state index in [2.05, 4.69) is 13.2 Å². The van der Waals surface area contributed by atoms with E-state index in [1.54, 1.807) is 27.8 Å². The molecule has 0 atom stereocenters. The van der Waals surface area contributed by atoms with E-state index in [-0.39, 0.29) is 30.2 Å². The zero-order valence-corrected chi connectivity index (χ0v) is 15.0. The molecule has 136 valence electrons. The van der Waals surface area contributed by atoms with Crippen LogP contribution in [0.1, 0.15) is 20.8 Å². The molecule has 0 aromatic carbocycles. The number of esters is 3. The van der Waals surface area contributed by atoms with Crippen molar-refractivity contribution in [2.75, 3.05) is 39.9 Å². The molecule has 0 radical (unpaired) electrons. The summed E-state index contributed by atoms with van der Waals surface area (Å²) in [4.78, 5) is 34.4. The molecule has 24 heavy (non-hydrogen) atoms. The second-order valence-electron chi connectivity index (χ2n) is 6.55. The molecular formula is C17H28NO6+. The van der Waals surface area contributed by atoms with Crippen LogP contribution >= 0.6 is 0 Å². The third-order valence-electron chi connectivity index (χ3n) is 3.02. The van der Waals surface area contributed by atoms with Gasteiger partial charge >= 0.3 is 17.9 Å². The van der Waals surface area contributed by atoms with Crippen LogP contribution < -0.4 is 0 Å². The Kier molecular flexibility index (Phi) is 8.99. The van der Waals surface area contributed by atoms with Crippen LogP contribution in [0.25, 0.3) is 0 Å². The maximum atomic E-state index is 12.1. The molecule has 0 bridgehead atoms. The third-order valence-corrected chi connectivity index (χ3v) is 3.02. The van der Waals surface area contributed by atoms with Gasteiger partial charge in [-0.05, 0) is 20.8 Å². The highest BCUT2D eigenvalue weighted by atomic mass is 16.6. The van der Waals surface area contributed by atoms with Gasteiger partial charge in [0.1, 0.15) is 31.9 Å². The number of ether oxygens (including phenoxy) is 3. The minimum absolute atomic E-state index is 0.0640. The Labute approximate surface area is 143 Å². The van der Waals surface area contributed by atoms with E-state index >= 15 is 0 Å². The average molecular weight is 342 g/mol. The minimum atomic E-state index is -0.591. The number of carbonyl (C=O) groups excluding carboxylic acids is 3. The predicted octanol–water partition coefficient (Wildman–Crippen LogP) is 1.23. The Morgan fingerprint density at radius 2 is 1.38 bits per heavy atom. The summed E-state index contributed by atoms with van der Waals surface area (Å²) < 4.78 is 15.5. The van der Waals surface area contributed by atoms with Crippen molar-refractivity contribution in [3.05, 3.63) is 25.3 Å². The van der Waals surface area contributed by atoms with E-state index in [4.69, 9.17) is 14.2 Å². The summed E-state index contributed by atoms with van der Waals surface area (Å²) >= 11 is 0. The molecule has 7 heteroatoms. The number of carbonyl (C=O) groups is 3. The van der Waals surface area contributed by atoms with Gasteiger partial charge in [0.15, 0.2) is 6.54 Å². The summed E-state index contributed by atoms with van der Waals surface area (Å²) in [6, 6.07) is 0. The summed E-state index contributed by atoms with van der Waals surface area (Å²) in [5.41, 5.74) is -0.591. The Balaban J connectivity index is 4.74. The maximum Gasteiger partial charge on any atom is 0.362 e. The SMILES string of the molecule is C=CC(=O)OCC[N+](C)(CCOC(=O)C=C)CC(=O)OC(C)(C)C. The zero-order chi connectivity index (χ0) is 18.8. The van der Waals surface area contributed by atoms with Gasteiger partial charge in [0.2, 0.25) is 0 Å². The van der Waals surface area contributed by atoms with Crippen molar-refractivity contribution < 1.29 is 33.1 Å². The van der Waals surface area contributed by atoms with Crippen molar-refractivity contribution in [2.24, 2.45) is 0 Å². The number of nitrogens with zero attached hydrogens (tertiary/aromatic N) is 1. The van der Waals surface area contributed by atoms with Gasteiger partial charge in [-0.15, -0.1) is 0 Å². The number of hydrogen-bond acceptors (Lipinski definition) is 6. The number of rotatable bonds is 10. The lowest BCUT2D eigenvalue weighted by Crippen LogP contribution is -2.52. The van der Waals surface area contributed by atoms with Crippen LogP contribution in [0.5, 0.6) is 0 Å². The van der Waals surface area contributed by atoms with Gasteiger partial charge in [-0.1, -0.05) is 13.2 Å². The monoisotopic (exact) mass is 342 g/mol. The number of quaternary nitrogens is 1. The lowest BCUT2D eigenvalue weighted by Gasteiger charge is -2.34. The van der Waals surface area contributed by atoms with Crippen LogP contribution in [0.4, 0.5) is 0 Å². The molecule has 0 saturated carbocycles. The Morgan fingerprint density at radius 1 is 0.958 bits per heavy atom. The van der Waals surface area contributed by atoms with Crippen LogP contribution in [0.3, 0.4) is 0 Å². The molecule has 0 aliphatic rings. The first-order chi connectivity index (χ1) is 11.0. The van der Waals surface area contributed by atoms with E-state index in [9.17, 15) is 14.4 Å². The fourth-order valence-corrected chi connectivity index (χ4v) is 1.81. The highest BCUT2D eigenvalue weighted by molar-refractivity contribution is 5.81. The van der Waals surface area contributed by atoms with Crippen LogP contribution in [0, 0.1) is 0 Å². The first-order valence-corrected chi connectivity index (χ1v) is 7.65. The Hall–Kier alpha value is -2.15. The molecule has 0 heterocycles. The topological polar surface area (TPSA) is 78.9 Å². The van der Waals surface area contributed by atoms with Gasteiger partial charge in [-0.25, -0.2) is 14.4 Å². The predicted molar refractivity (Wildman–Crippen MR) is 88.9 cm³/mol. The van der Waals surface area contributed by atoms with Crippen LogP contribution in [-0.2, 0) is 28.6 Å². The van der Waals surface area contributed by atoms with Crippen molar-refractivity contribution in [1.29, 1.82) is 0 Å². The van der Waals surface area contributed by atoms with Gasteiger partial charge < -0.3 is 18.7 Å². The second kappa shape index (κ2) is 9.87. The van der Waals surface area contributed by atoms with Gasteiger partial charge in [-0.3, -0.25) is 0 Å². The minimum Gasteiger partial charge on any atom is -0.457 e. The Bertz CT molecular complexity index is 452. The molecule has 0 aliphatic carbocycles. The normalized spacial score (nSPS) is 11.3. The fourth-order valence-electron chi connectivity index (χ4n) is 1.81. The molecule has 0 aliphatic heterocycles. The summed E-state index contributed by atoms with van der Waals surface area (Å²) in [5.74, 6) is -1.44. The molecule has 0 amide bonds. The molecule has 0 N–H and O–H groups in total. The summed E-state index contributed by atoms with van der Waals surface area (Å²) in [6.45, 7) is 13.0. The van der Waals surface area contributed by atoms with Crippen molar-refractivity contribution >= 4 is 17.9 Å². The van der Waals surface area contributed by atoms with Crippen LogP contribution in [0.2, 0.25) is 0 Å². The zero-order valence-electron chi connectivity index (χ0n) is 15.0. The van der Waals surface area contributed by atoms with E-state index in [1.807, 2.05) is 0 Å². The molecule has 0 rings (SSSR count). The molecule has 0 saturated heterocycles. The standard InChI is InChI=1S/C17H28NO6/c1-7-14(19)22-11-9-18(6,10-12-23-15(20)8-2)13-16(21)24-17(3,4)5/h7-8H,1-2,9-13H2,3-6H3/q+1. The molecule has 0 aromatic rings. The summed E-state index contributed by atoms with van der Waals surface area (Å²) in [5, 5.41) is 0. The first kappa shape index (κ1) is 21.9. The second-order valence-corrected chi connectivity index (χ2v) is 6.55. The fraction of sp³-hybridized carbons (Fsp3) is 0.588. The summed E-state index contributed by atoms with van der Waals surface area (Å²) in [6.07, 6.45) is 2.15. The van der Waals surface area contributed by atoms with Crippen molar-refractivity contribution in [3.8, 4) is 0 Å². The lowest BCUT2D eigenvalue weighted by molar-refractivity contribution is -0.902. The molecule has 0 unspecified atom stereocenters. The third kappa shape index (κ3) is 10.6. The van der Waals surface area contributed by atoms with E-state index in [1.165, 1.54) is 0 Å². The quantitative estimate of drug-likeness (QED) is 0.257.